The van der Waals surface area contributed by atoms with Crippen LogP contribution in [-0.4, -0.2) is 64.3 Å². The number of benzene rings is 2. The van der Waals surface area contributed by atoms with Crippen molar-refractivity contribution < 1.29 is 9.32 Å². The van der Waals surface area contributed by atoms with E-state index in [1.54, 1.807) is 11.8 Å². The number of hydrogen-bond donors (Lipinski definition) is 0. The number of rotatable bonds is 9. The summed E-state index contributed by atoms with van der Waals surface area (Å²) in [6.45, 7) is 6.52. The lowest BCUT2D eigenvalue weighted by molar-refractivity contribution is -0.132. The molecule has 3 aromatic rings. The van der Waals surface area contributed by atoms with Crippen LogP contribution >= 0.6 is 11.8 Å². The minimum absolute atomic E-state index is 0.266. The molecule has 0 N–H and O–H groups in total. The van der Waals surface area contributed by atoms with Gasteiger partial charge in [0.05, 0.1) is 0 Å². The SMILES string of the molecule is Cc1ccc(-c2noc(CCCN3CCN(C(=O)CCSc4ccccc4)CC3)n2)cc1. The summed E-state index contributed by atoms with van der Waals surface area (Å²) < 4.78 is 5.42. The molecule has 4 rings (SSSR count). The molecule has 0 bridgehead atoms. The number of thioether (sulfide) groups is 1. The maximum Gasteiger partial charge on any atom is 0.227 e. The molecule has 2 heterocycles. The Labute approximate surface area is 194 Å². The molecular formula is C25H30N4O2S. The van der Waals surface area contributed by atoms with Gasteiger partial charge in [0.1, 0.15) is 0 Å². The number of carbonyl (C=O) groups is 1. The summed E-state index contributed by atoms with van der Waals surface area (Å²) in [6, 6.07) is 18.4. The van der Waals surface area contributed by atoms with Gasteiger partial charge in [-0.15, -0.1) is 11.8 Å². The van der Waals surface area contributed by atoms with Gasteiger partial charge in [-0.25, -0.2) is 0 Å². The number of amides is 1. The minimum Gasteiger partial charge on any atom is -0.340 e. The van der Waals surface area contributed by atoms with Crippen LogP contribution in [0.5, 0.6) is 0 Å². The summed E-state index contributed by atoms with van der Waals surface area (Å²) in [6.07, 6.45) is 2.34. The standard InChI is InChI=1S/C25H30N4O2S/c1-20-9-11-21(12-10-20)25-26-23(31-27-25)8-5-14-28-15-17-29(18-16-28)24(30)13-19-32-22-6-3-2-4-7-22/h2-4,6-7,9-12H,5,8,13-19H2,1H3. The van der Waals surface area contributed by atoms with E-state index in [1.165, 1.54) is 10.5 Å². The normalized spacial score (nSPS) is 14.6. The predicted octanol–water partition coefficient (Wildman–Crippen LogP) is 4.30. The van der Waals surface area contributed by atoms with Gasteiger partial charge >= 0.3 is 0 Å². The van der Waals surface area contributed by atoms with Crippen LogP contribution < -0.4 is 0 Å². The number of carbonyl (C=O) groups excluding carboxylic acids is 1. The Bertz CT molecular complexity index is 983. The zero-order valence-corrected chi connectivity index (χ0v) is 19.4. The average Bonchev–Trinajstić information content (AvgIpc) is 3.29. The molecule has 0 atom stereocenters. The highest BCUT2D eigenvalue weighted by molar-refractivity contribution is 7.99. The Morgan fingerprint density at radius 3 is 2.53 bits per heavy atom. The van der Waals surface area contributed by atoms with Gasteiger partial charge in [0.25, 0.3) is 0 Å². The second kappa shape index (κ2) is 11.3. The summed E-state index contributed by atoms with van der Waals surface area (Å²) in [7, 11) is 0. The van der Waals surface area contributed by atoms with Crippen molar-refractivity contribution in [1.29, 1.82) is 0 Å². The Kier molecular flexibility index (Phi) is 7.96. The first kappa shape index (κ1) is 22.6. The molecular weight excluding hydrogens is 420 g/mol. The summed E-state index contributed by atoms with van der Waals surface area (Å²) in [4.78, 5) is 22.7. The van der Waals surface area contributed by atoms with E-state index in [9.17, 15) is 4.79 Å². The fraction of sp³-hybridized carbons (Fsp3) is 0.400. The van der Waals surface area contributed by atoms with Crippen molar-refractivity contribution in [3.8, 4) is 11.4 Å². The lowest BCUT2D eigenvalue weighted by atomic mass is 10.1. The second-order valence-electron chi connectivity index (χ2n) is 8.12. The van der Waals surface area contributed by atoms with Gasteiger partial charge in [-0.1, -0.05) is 53.2 Å². The van der Waals surface area contributed by atoms with Gasteiger partial charge in [-0.3, -0.25) is 9.69 Å². The van der Waals surface area contributed by atoms with Gasteiger partial charge in [0.2, 0.25) is 17.6 Å². The van der Waals surface area contributed by atoms with Crippen molar-refractivity contribution in [2.45, 2.75) is 31.1 Å². The lowest BCUT2D eigenvalue weighted by Crippen LogP contribution is -2.48. The number of piperazine rings is 1. The first-order valence-electron chi connectivity index (χ1n) is 11.2. The van der Waals surface area contributed by atoms with Gasteiger partial charge in [-0.2, -0.15) is 4.98 Å². The molecule has 7 heteroatoms. The van der Waals surface area contributed by atoms with E-state index in [-0.39, 0.29) is 5.91 Å². The number of aryl methyl sites for hydroxylation is 2. The van der Waals surface area contributed by atoms with Gasteiger partial charge in [0.15, 0.2) is 0 Å². The monoisotopic (exact) mass is 450 g/mol. The molecule has 168 valence electrons. The molecule has 32 heavy (non-hydrogen) atoms. The molecule has 6 nitrogen and oxygen atoms in total. The summed E-state index contributed by atoms with van der Waals surface area (Å²) in [5.41, 5.74) is 2.19. The Morgan fingerprint density at radius 1 is 1.03 bits per heavy atom. The first-order chi connectivity index (χ1) is 15.7. The molecule has 1 aliphatic heterocycles. The van der Waals surface area contributed by atoms with Crippen LogP contribution in [0.1, 0.15) is 24.3 Å². The van der Waals surface area contributed by atoms with Gasteiger partial charge in [0, 0.05) is 55.2 Å². The third-order valence-electron chi connectivity index (χ3n) is 5.70. The van der Waals surface area contributed by atoms with Crippen LogP contribution in [0.4, 0.5) is 0 Å². The fourth-order valence-corrected chi connectivity index (χ4v) is 4.64. The molecule has 0 aliphatic carbocycles. The second-order valence-corrected chi connectivity index (χ2v) is 9.28. The third-order valence-corrected chi connectivity index (χ3v) is 6.71. The van der Waals surface area contributed by atoms with E-state index in [4.69, 9.17) is 4.52 Å². The molecule has 2 aromatic carbocycles. The maximum atomic E-state index is 12.5. The molecule has 0 unspecified atom stereocenters. The molecule has 1 amide bonds. The van der Waals surface area contributed by atoms with E-state index in [1.807, 2.05) is 35.2 Å². The first-order valence-corrected chi connectivity index (χ1v) is 12.2. The van der Waals surface area contributed by atoms with Gasteiger partial charge < -0.3 is 9.42 Å². The minimum atomic E-state index is 0.266. The molecule has 0 spiro atoms. The third kappa shape index (κ3) is 6.43. The molecule has 1 saturated heterocycles. The van der Waals surface area contributed by atoms with Crippen molar-refractivity contribution in [3.05, 3.63) is 66.1 Å². The van der Waals surface area contributed by atoms with Crippen molar-refractivity contribution in [2.24, 2.45) is 0 Å². The van der Waals surface area contributed by atoms with Crippen LogP contribution in [0.3, 0.4) is 0 Å². The Morgan fingerprint density at radius 2 is 1.78 bits per heavy atom. The smallest absolute Gasteiger partial charge is 0.227 e. The van der Waals surface area contributed by atoms with Crippen molar-refractivity contribution in [3.63, 3.8) is 0 Å². The van der Waals surface area contributed by atoms with E-state index in [2.05, 4.69) is 46.2 Å². The molecule has 1 aliphatic rings. The summed E-state index contributed by atoms with van der Waals surface area (Å²) >= 11 is 1.75. The molecule has 1 aromatic heterocycles. The van der Waals surface area contributed by atoms with E-state index in [0.717, 1.165) is 56.9 Å². The highest BCUT2D eigenvalue weighted by Gasteiger charge is 2.20. The van der Waals surface area contributed by atoms with Crippen molar-refractivity contribution >= 4 is 17.7 Å². The number of hydrogen-bond acceptors (Lipinski definition) is 6. The molecule has 1 fully saturated rings. The number of aromatic nitrogens is 2. The zero-order valence-electron chi connectivity index (χ0n) is 18.6. The highest BCUT2D eigenvalue weighted by Crippen LogP contribution is 2.19. The van der Waals surface area contributed by atoms with Crippen molar-refractivity contribution in [2.75, 3.05) is 38.5 Å². The van der Waals surface area contributed by atoms with Crippen LogP contribution in [0.15, 0.2) is 64.0 Å². The predicted molar refractivity (Wildman–Crippen MR) is 128 cm³/mol. The maximum absolute atomic E-state index is 12.5. The fourth-order valence-electron chi connectivity index (χ4n) is 3.78. The lowest BCUT2D eigenvalue weighted by Gasteiger charge is -2.34. The van der Waals surface area contributed by atoms with Gasteiger partial charge in [-0.05, 0) is 32.0 Å². The Balaban J connectivity index is 1.13. The van der Waals surface area contributed by atoms with Crippen LogP contribution in [0.25, 0.3) is 11.4 Å². The van der Waals surface area contributed by atoms with E-state index >= 15 is 0 Å². The van der Waals surface area contributed by atoms with Crippen LogP contribution in [0, 0.1) is 6.92 Å². The molecule has 0 radical (unpaired) electrons. The zero-order chi connectivity index (χ0) is 22.2. The average molecular weight is 451 g/mol. The topological polar surface area (TPSA) is 62.5 Å². The van der Waals surface area contributed by atoms with Crippen LogP contribution in [0.2, 0.25) is 0 Å². The largest absolute Gasteiger partial charge is 0.340 e. The summed E-state index contributed by atoms with van der Waals surface area (Å²) in [5.74, 6) is 2.43. The van der Waals surface area contributed by atoms with E-state index < -0.39 is 0 Å². The van der Waals surface area contributed by atoms with E-state index in [0.29, 0.717) is 18.1 Å². The summed E-state index contributed by atoms with van der Waals surface area (Å²) in [5, 5.41) is 4.11. The van der Waals surface area contributed by atoms with Crippen LogP contribution in [-0.2, 0) is 11.2 Å². The Hall–Kier alpha value is -2.64. The number of nitrogens with zero attached hydrogens (tertiary/aromatic N) is 4. The highest BCUT2D eigenvalue weighted by atomic mass is 32.2. The quantitative estimate of drug-likeness (QED) is 0.453. The van der Waals surface area contributed by atoms with Crippen molar-refractivity contribution in [1.82, 2.24) is 19.9 Å². The molecule has 0 saturated carbocycles.